The number of hydrogen-bond acceptors (Lipinski definition) is 4. The fraction of sp³-hybridized carbons (Fsp3) is 0.222. The first-order valence-corrected chi connectivity index (χ1v) is 9.19. The molecule has 0 saturated heterocycles. The summed E-state index contributed by atoms with van der Waals surface area (Å²) in [5, 5.41) is 10.0. The molecule has 0 amide bonds. The van der Waals surface area contributed by atoms with Crippen molar-refractivity contribution >= 4 is 23.4 Å². The van der Waals surface area contributed by atoms with Crippen LogP contribution in [0, 0.1) is 5.82 Å². The van der Waals surface area contributed by atoms with Crippen molar-refractivity contribution in [2.24, 2.45) is 0 Å². The summed E-state index contributed by atoms with van der Waals surface area (Å²) in [6.07, 6.45) is 0. The Bertz CT molecular complexity index is 754. The van der Waals surface area contributed by atoms with Crippen molar-refractivity contribution in [1.29, 1.82) is 0 Å². The molecule has 3 aromatic rings. The predicted molar refractivity (Wildman–Crippen MR) is 97.4 cm³/mol. The smallest absolute Gasteiger partial charge is 0.191 e. The maximum Gasteiger partial charge on any atom is 0.191 e. The molecule has 0 aliphatic carbocycles. The summed E-state index contributed by atoms with van der Waals surface area (Å²) < 4.78 is 20.6. The van der Waals surface area contributed by atoms with Crippen molar-refractivity contribution in [1.82, 2.24) is 14.8 Å². The number of hydrogen-bond donors (Lipinski definition) is 0. The summed E-state index contributed by atoms with van der Waals surface area (Å²) >= 11 is 7.52. The lowest BCUT2D eigenvalue weighted by Gasteiger charge is -2.09. The van der Waals surface area contributed by atoms with Gasteiger partial charge in [-0.1, -0.05) is 35.5 Å². The van der Waals surface area contributed by atoms with Crippen molar-refractivity contribution in [2.75, 3.05) is 0 Å². The van der Waals surface area contributed by atoms with Crippen LogP contribution >= 0.6 is 23.4 Å². The lowest BCUT2D eigenvalue weighted by molar-refractivity contribution is 0.288. The molecule has 0 bridgehead atoms. The highest BCUT2D eigenvalue weighted by atomic mass is 35.5. The van der Waals surface area contributed by atoms with Crippen LogP contribution in [-0.2, 0) is 18.9 Å². The first-order valence-electron chi connectivity index (χ1n) is 7.83. The van der Waals surface area contributed by atoms with E-state index < -0.39 is 0 Å². The molecule has 130 valence electrons. The molecule has 0 radical (unpaired) electrons. The number of halogens is 2. The second kappa shape index (κ2) is 8.36. The van der Waals surface area contributed by atoms with Gasteiger partial charge in [0.25, 0.3) is 0 Å². The highest BCUT2D eigenvalue weighted by Gasteiger charge is 2.12. The van der Waals surface area contributed by atoms with E-state index in [0.717, 1.165) is 28.3 Å². The van der Waals surface area contributed by atoms with Gasteiger partial charge >= 0.3 is 0 Å². The lowest BCUT2D eigenvalue weighted by atomic mass is 10.2. The van der Waals surface area contributed by atoms with Gasteiger partial charge in [-0.2, -0.15) is 0 Å². The fourth-order valence-corrected chi connectivity index (χ4v) is 3.36. The van der Waals surface area contributed by atoms with Gasteiger partial charge in [0.2, 0.25) is 0 Å². The molecule has 0 fully saturated rings. The number of nitrogens with zero attached hydrogens (tertiary/aromatic N) is 3. The zero-order valence-corrected chi connectivity index (χ0v) is 15.2. The van der Waals surface area contributed by atoms with E-state index in [1.165, 1.54) is 17.7 Å². The Balaban J connectivity index is 1.63. The summed E-state index contributed by atoms with van der Waals surface area (Å²) in [7, 11) is 0. The van der Waals surface area contributed by atoms with Gasteiger partial charge in [-0.15, -0.1) is 10.2 Å². The van der Waals surface area contributed by atoms with Crippen LogP contribution < -0.4 is 4.74 Å². The number of aromatic nitrogens is 3. The van der Waals surface area contributed by atoms with Crippen molar-refractivity contribution in [3.63, 3.8) is 0 Å². The second-order valence-corrected chi connectivity index (χ2v) is 6.68. The van der Waals surface area contributed by atoms with Gasteiger partial charge in [-0.05, 0) is 48.9 Å². The van der Waals surface area contributed by atoms with Gasteiger partial charge in [0.15, 0.2) is 11.0 Å². The van der Waals surface area contributed by atoms with Crippen LogP contribution in [-0.4, -0.2) is 14.8 Å². The monoisotopic (exact) mass is 377 g/mol. The van der Waals surface area contributed by atoms with E-state index in [0.29, 0.717) is 5.75 Å². The zero-order valence-electron chi connectivity index (χ0n) is 13.7. The molecule has 1 aromatic heterocycles. The first-order chi connectivity index (χ1) is 12.2. The second-order valence-electron chi connectivity index (χ2n) is 5.30. The number of rotatable bonds is 7. The SMILES string of the molecule is CCn1c(COc2ccc(F)cc2)nnc1SCc1ccc(Cl)cc1. The predicted octanol–water partition coefficient (Wildman–Crippen LogP) is 4.96. The largest absolute Gasteiger partial charge is 0.486 e. The van der Waals surface area contributed by atoms with Gasteiger partial charge in [0.05, 0.1) is 0 Å². The van der Waals surface area contributed by atoms with Crippen molar-refractivity contribution in [3.8, 4) is 5.75 Å². The minimum atomic E-state index is -0.287. The molecule has 0 spiro atoms. The van der Waals surface area contributed by atoms with E-state index in [4.69, 9.17) is 16.3 Å². The van der Waals surface area contributed by atoms with E-state index in [1.807, 2.05) is 35.8 Å². The summed E-state index contributed by atoms with van der Waals surface area (Å²) in [4.78, 5) is 0. The lowest BCUT2D eigenvalue weighted by Crippen LogP contribution is -2.07. The molecule has 0 atom stereocenters. The van der Waals surface area contributed by atoms with Gasteiger partial charge in [0.1, 0.15) is 18.2 Å². The quantitative estimate of drug-likeness (QED) is 0.545. The summed E-state index contributed by atoms with van der Waals surface area (Å²) in [6.45, 7) is 3.07. The standard InChI is InChI=1S/C18H17ClFN3OS/c1-2-23-17(11-24-16-9-7-15(20)8-10-16)21-22-18(23)25-12-13-3-5-14(19)6-4-13/h3-10H,2,11-12H2,1H3. The number of benzene rings is 2. The molecule has 7 heteroatoms. The molecule has 0 unspecified atom stereocenters. The Hall–Kier alpha value is -2.05. The summed E-state index contributed by atoms with van der Waals surface area (Å²) in [6, 6.07) is 13.7. The average Bonchev–Trinajstić information content (AvgIpc) is 3.02. The van der Waals surface area contributed by atoms with E-state index >= 15 is 0 Å². The highest BCUT2D eigenvalue weighted by Crippen LogP contribution is 2.23. The molecule has 3 rings (SSSR count). The van der Waals surface area contributed by atoms with Crippen LogP contribution in [0.4, 0.5) is 4.39 Å². The van der Waals surface area contributed by atoms with Crippen LogP contribution in [0.5, 0.6) is 5.75 Å². The van der Waals surface area contributed by atoms with Crippen molar-refractivity contribution in [3.05, 3.63) is 70.8 Å². The first kappa shape index (κ1) is 17.8. The summed E-state index contributed by atoms with van der Waals surface area (Å²) in [5.74, 6) is 1.84. The fourth-order valence-electron chi connectivity index (χ4n) is 2.26. The van der Waals surface area contributed by atoms with Crippen molar-refractivity contribution in [2.45, 2.75) is 31.0 Å². The Morgan fingerprint density at radius 2 is 1.80 bits per heavy atom. The number of thioether (sulfide) groups is 1. The molecular formula is C18H17ClFN3OS. The Kier molecular flexibility index (Phi) is 5.94. The molecule has 4 nitrogen and oxygen atoms in total. The van der Waals surface area contributed by atoms with Crippen LogP contribution in [0.15, 0.2) is 53.7 Å². The highest BCUT2D eigenvalue weighted by molar-refractivity contribution is 7.98. The normalized spacial score (nSPS) is 10.8. The summed E-state index contributed by atoms with van der Waals surface area (Å²) in [5.41, 5.74) is 1.17. The third kappa shape index (κ3) is 4.74. The molecule has 1 heterocycles. The van der Waals surface area contributed by atoms with Crippen LogP contribution in [0.3, 0.4) is 0 Å². The molecule has 0 aliphatic rings. The van der Waals surface area contributed by atoms with Crippen LogP contribution in [0.1, 0.15) is 18.3 Å². The molecule has 25 heavy (non-hydrogen) atoms. The van der Waals surface area contributed by atoms with Gasteiger partial charge in [-0.3, -0.25) is 0 Å². The van der Waals surface area contributed by atoms with E-state index in [9.17, 15) is 4.39 Å². The van der Waals surface area contributed by atoms with E-state index in [-0.39, 0.29) is 12.4 Å². The maximum absolute atomic E-state index is 12.9. The topological polar surface area (TPSA) is 39.9 Å². The maximum atomic E-state index is 12.9. The third-order valence-corrected chi connectivity index (χ3v) is 4.86. The van der Waals surface area contributed by atoms with Crippen molar-refractivity contribution < 1.29 is 9.13 Å². The molecule has 2 aromatic carbocycles. The van der Waals surface area contributed by atoms with Gasteiger partial charge in [0, 0.05) is 17.3 Å². The van der Waals surface area contributed by atoms with Gasteiger partial charge in [-0.25, -0.2) is 4.39 Å². The zero-order chi connectivity index (χ0) is 17.6. The van der Waals surface area contributed by atoms with Crippen LogP contribution in [0.25, 0.3) is 0 Å². The van der Waals surface area contributed by atoms with Crippen LogP contribution in [0.2, 0.25) is 5.02 Å². The number of ether oxygens (including phenoxy) is 1. The van der Waals surface area contributed by atoms with Gasteiger partial charge < -0.3 is 9.30 Å². The molecule has 0 N–H and O–H groups in total. The molecule has 0 aliphatic heterocycles. The average molecular weight is 378 g/mol. The Morgan fingerprint density at radius 3 is 2.48 bits per heavy atom. The van der Waals surface area contributed by atoms with E-state index in [2.05, 4.69) is 10.2 Å². The van der Waals surface area contributed by atoms with E-state index in [1.54, 1.807) is 23.9 Å². The minimum absolute atomic E-state index is 0.286. The Labute approximate surface area is 155 Å². The Morgan fingerprint density at radius 1 is 1.08 bits per heavy atom. The molecule has 0 saturated carbocycles. The minimum Gasteiger partial charge on any atom is -0.486 e. The molecular weight excluding hydrogens is 361 g/mol. The third-order valence-electron chi connectivity index (χ3n) is 3.57.